The average molecular weight is 451 g/mol. The molecule has 0 bridgehead atoms. The molecular formula is C21H17ClF2N2O3S. The highest BCUT2D eigenvalue weighted by atomic mass is 35.5. The molecule has 0 radical (unpaired) electrons. The topological polar surface area (TPSA) is 66.5 Å². The van der Waals surface area contributed by atoms with Crippen LogP contribution in [0.25, 0.3) is 0 Å². The molecule has 0 aliphatic rings. The minimum absolute atomic E-state index is 0.0714. The van der Waals surface area contributed by atoms with Crippen LogP contribution in [0.4, 0.5) is 20.2 Å². The summed E-state index contributed by atoms with van der Waals surface area (Å²) in [5.41, 5.74) is 0.621. The number of carbonyl (C=O) groups excluding carboxylic acids is 1. The molecule has 0 saturated carbocycles. The molecule has 156 valence electrons. The zero-order chi connectivity index (χ0) is 21.9. The Hall–Kier alpha value is -2.97. The van der Waals surface area contributed by atoms with Crippen molar-refractivity contribution in [3.05, 3.63) is 94.5 Å². The molecule has 1 N–H and O–H groups in total. The van der Waals surface area contributed by atoms with Gasteiger partial charge in [0.1, 0.15) is 17.3 Å². The zero-order valence-corrected chi connectivity index (χ0v) is 17.3. The lowest BCUT2D eigenvalue weighted by molar-refractivity contribution is 0.102. The van der Waals surface area contributed by atoms with E-state index in [0.717, 1.165) is 24.0 Å². The third-order valence-corrected chi connectivity index (χ3v) is 5.65. The Morgan fingerprint density at radius 3 is 2.07 bits per heavy atom. The summed E-state index contributed by atoms with van der Waals surface area (Å²) in [6, 6.07) is 15.6. The third kappa shape index (κ3) is 5.14. The fraction of sp³-hybridized carbons (Fsp3) is 0.0952. The van der Waals surface area contributed by atoms with Crippen molar-refractivity contribution in [1.82, 2.24) is 0 Å². The van der Waals surface area contributed by atoms with Crippen LogP contribution in [0.3, 0.4) is 0 Å². The van der Waals surface area contributed by atoms with E-state index in [1.807, 2.05) is 0 Å². The molecule has 0 unspecified atom stereocenters. The summed E-state index contributed by atoms with van der Waals surface area (Å²) in [6.45, 7) is 0.0714. The Morgan fingerprint density at radius 1 is 0.967 bits per heavy atom. The monoisotopic (exact) mass is 450 g/mol. The Balaban J connectivity index is 1.82. The van der Waals surface area contributed by atoms with Crippen molar-refractivity contribution in [2.75, 3.05) is 15.9 Å². The maximum absolute atomic E-state index is 13.7. The van der Waals surface area contributed by atoms with Gasteiger partial charge in [-0.15, -0.1) is 0 Å². The Bertz CT molecular complexity index is 1150. The first kappa shape index (κ1) is 21.7. The fourth-order valence-corrected chi connectivity index (χ4v) is 3.75. The predicted octanol–water partition coefficient (Wildman–Crippen LogP) is 4.84. The Kier molecular flexibility index (Phi) is 6.38. The first-order chi connectivity index (χ1) is 14.1. The van der Waals surface area contributed by atoms with Crippen LogP contribution >= 0.6 is 11.6 Å². The molecule has 0 saturated heterocycles. The quantitative estimate of drug-likeness (QED) is 0.584. The van der Waals surface area contributed by atoms with E-state index in [2.05, 4.69) is 5.32 Å². The summed E-state index contributed by atoms with van der Waals surface area (Å²) in [5.74, 6) is -2.52. The molecule has 0 atom stereocenters. The lowest BCUT2D eigenvalue weighted by Gasteiger charge is -2.23. The zero-order valence-electron chi connectivity index (χ0n) is 15.8. The number of sulfonamides is 1. The van der Waals surface area contributed by atoms with Gasteiger partial charge in [-0.2, -0.15) is 0 Å². The molecule has 5 nitrogen and oxygen atoms in total. The van der Waals surface area contributed by atoms with Crippen LogP contribution in [0.1, 0.15) is 15.9 Å². The van der Waals surface area contributed by atoms with E-state index in [1.165, 1.54) is 34.6 Å². The standard InChI is InChI=1S/C21H17ClF2N2O3S/c1-30(28,29)26(13-14-5-9-16(22)10-6-14)17-11-7-15(8-12-17)21(27)25-20-18(23)3-2-4-19(20)24/h2-12H,13H2,1H3,(H,25,27). The third-order valence-electron chi connectivity index (χ3n) is 4.26. The van der Waals surface area contributed by atoms with Gasteiger partial charge in [-0.1, -0.05) is 29.8 Å². The van der Waals surface area contributed by atoms with Gasteiger partial charge < -0.3 is 5.32 Å². The smallest absolute Gasteiger partial charge is 0.255 e. The predicted molar refractivity (Wildman–Crippen MR) is 113 cm³/mol. The lowest BCUT2D eigenvalue weighted by atomic mass is 10.1. The highest BCUT2D eigenvalue weighted by Gasteiger charge is 2.19. The van der Waals surface area contributed by atoms with Crippen LogP contribution in [0.2, 0.25) is 5.02 Å². The summed E-state index contributed by atoms with van der Waals surface area (Å²) < 4.78 is 53.2. The number of para-hydroxylation sites is 1. The molecule has 30 heavy (non-hydrogen) atoms. The van der Waals surface area contributed by atoms with E-state index < -0.39 is 33.3 Å². The molecule has 1 amide bonds. The number of carbonyl (C=O) groups is 1. The molecule has 0 aliphatic heterocycles. The molecule has 0 aromatic heterocycles. The second-order valence-electron chi connectivity index (χ2n) is 6.49. The van der Waals surface area contributed by atoms with Crippen LogP contribution in [-0.4, -0.2) is 20.6 Å². The van der Waals surface area contributed by atoms with Crippen molar-refractivity contribution in [2.45, 2.75) is 6.54 Å². The summed E-state index contributed by atoms with van der Waals surface area (Å²) in [7, 11) is -3.62. The van der Waals surface area contributed by atoms with E-state index in [9.17, 15) is 22.0 Å². The second kappa shape index (κ2) is 8.81. The Labute approximate surface area is 178 Å². The molecular weight excluding hydrogens is 434 g/mol. The summed E-state index contributed by atoms with van der Waals surface area (Å²) in [6.07, 6.45) is 1.07. The SMILES string of the molecule is CS(=O)(=O)N(Cc1ccc(Cl)cc1)c1ccc(C(=O)Nc2c(F)cccc2F)cc1. The number of benzene rings is 3. The van der Waals surface area contributed by atoms with E-state index in [0.29, 0.717) is 10.7 Å². The van der Waals surface area contributed by atoms with Crippen molar-refractivity contribution in [2.24, 2.45) is 0 Å². The number of amides is 1. The Morgan fingerprint density at radius 2 is 1.53 bits per heavy atom. The average Bonchev–Trinajstić information content (AvgIpc) is 2.69. The number of rotatable bonds is 6. The van der Waals surface area contributed by atoms with E-state index >= 15 is 0 Å². The first-order valence-corrected chi connectivity index (χ1v) is 11.0. The largest absolute Gasteiger partial charge is 0.317 e. The summed E-state index contributed by atoms with van der Waals surface area (Å²) >= 11 is 5.86. The van der Waals surface area contributed by atoms with Gasteiger partial charge in [0.05, 0.1) is 18.5 Å². The van der Waals surface area contributed by atoms with Crippen LogP contribution in [-0.2, 0) is 16.6 Å². The molecule has 0 fully saturated rings. The van der Waals surface area contributed by atoms with Crippen molar-refractivity contribution >= 4 is 38.9 Å². The number of nitrogens with one attached hydrogen (secondary N) is 1. The number of halogens is 3. The van der Waals surface area contributed by atoms with E-state index in [1.54, 1.807) is 24.3 Å². The van der Waals surface area contributed by atoms with Gasteiger partial charge in [0.15, 0.2) is 0 Å². The minimum atomic E-state index is -3.62. The van der Waals surface area contributed by atoms with Crippen LogP contribution in [0, 0.1) is 11.6 Å². The number of hydrogen-bond acceptors (Lipinski definition) is 3. The van der Waals surface area contributed by atoms with Gasteiger partial charge in [-0.05, 0) is 54.1 Å². The maximum Gasteiger partial charge on any atom is 0.255 e. The van der Waals surface area contributed by atoms with Gasteiger partial charge in [0.25, 0.3) is 5.91 Å². The normalized spacial score (nSPS) is 11.2. The molecule has 3 aromatic rings. The van der Waals surface area contributed by atoms with Crippen molar-refractivity contribution in [3.8, 4) is 0 Å². The molecule has 0 aliphatic carbocycles. The van der Waals surface area contributed by atoms with Crippen LogP contribution in [0.15, 0.2) is 66.7 Å². The highest BCUT2D eigenvalue weighted by Crippen LogP contribution is 2.23. The first-order valence-electron chi connectivity index (χ1n) is 8.73. The number of anilines is 2. The minimum Gasteiger partial charge on any atom is -0.317 e. The van der Waals surface area contributed by atoms with Gasteiger partial charge in [0.2, 0.25) is 10.0 Å². The molecule has 9 heteroatoms. The van der Waals surface area contributed by atoms with Gasteiger partial charge in [-0.3, -0.25) is 9.10 Å². The van der Waals surface area contributed by atoms with Crippen molar-refractivity contribution in [3.63, 3.8) is 0 Å². The molecule has 3 aromatic carbocycles. The maximum atomic E-state index is 13.7. The van der Waals surface area contributed by atoms with Crippen molar-refractivity contribution < 1.29 is 22.0 Å². The molecule has 0 spiro atoms. The van der Waals surface area contributed by atoms with E-state index in [4.69, 9.17) is 11.6 Å². The second-order valence-corrected chi connectivity index (χ2v) is 8.84. The number of nitrogens with zero attached hydrogens (tertiary/aromatic N) is 1. The van der Waals surface area contributed by atoms with E-state index in [-0.39, 0.29) is 12.1 Å². The van der Waals surface area contributed by atoms with Gasteiger partial charge >= 0.3 is 0 Å². The van der Waals surface area contributed by atoms with Gasteiger partial charge in [0, 0.05) is 10.6 Å². The summed E-state index contributed by atoms with van der Waals surface area (Å²) in [5, 5.41) is 2.72. The molecule has 3 rings (SSSR count). The molecule has 0 heterocycles. The summed E-state index contributed by atoms with van der Waals surface area (Å²) in [4.78, 5) is 12.3. The number of hydrogen-bond donors (Lipinski definition) is 1. The van der Waals surface area contributed by atoms with Crippen LogP contribution in [0.5, 0.6) is 0 Å². The van der Waals surface area contributed by atoms with Gasteiger partial charge in [-0.25, -0.2) is 17.2 Å². The fourth-order valence-electron chi connectivity index (χ4n) is 2.74. The lowest BCUT2D eigenvalue weighted by Crippen LogP contribution is -2.29. The van der Waals surface area contributed by atoms with Crippen LogP contribution < -0.4 is 9.62 Å². The highest BCUT2D eigenvalue weighted by molar-refractivity contribution is 7.92. The van der Waals surface area contributed by atoms with Crippen molar-refractivity contribution in [1.29, 1.82) is 0 Å².